The second-order valence-corrected chi connectivity index (χ2v) is 4.78. The Labute approximate surface area is 136 Å². The van der Waals surface area contributed by atoms with Crippen LogP contribution in [0.5, 0.6) is 0 Å². The summed E-state index contributed by atoms with van der Waals surface area (Å²) >= 11 is 0. The Morgan fingerprint density at radius 1 is 0.944 bits per heavy atom. The topological polar surface area (TPSA) is 29.1 Å². The van der Waals surface area contributed by atoms with E-state index in [1.54, 1.807) is 0 Å². The van der Waals surface area contributed by atoms with Gasteiger partial charge in [-0.25, -0.2) is 0 Å². The first-order valence-corrected chi connectivity index (χ1v) is 7.37. The number of amides is 1. The first-order valence-electron chi connectivity index (χ1n) is 7.37. The molecule has 0 atom stereocenters. The van der Waals surface area contributed by atoms with Crippen LogP contribution in [0.4, 0.5) is 0 Å². The van der Waals surface area contributed by atoms with Crippen molar-refractivity contribution in [2.24, 2.45) is 0 Å². The normalized spacial score (nSPS) is 9.89. The van der Waals surface area contributed by atoms with E-state index in [0.29, 0.717) is 6.42 Å². The Kier molecular flexibility index (Phi) is 20.2. The summed E-state index contributed by atoms with van der Waals surface area (Å²) < 4.78 is 0. The van der Waals surface area contributed by atoms with Crippen molar-refractivity contribution in [3.05, 3.63) is 6.92 Å². The second-order valence-electron chi connectivity index (χ2n) is 4.78. The summed E-state index contributed by atoms with van der Waals surface area (Å²) in [5, 5.41) is 2.86. The molecule has 0 aromatic rings. The zero-order chi connectivity index (χ0) is 12.8. The second kappa shape index (κ2) is 17.5. The number of hydrogen-bond acceptors (Lipinski definition) is 1. The molecule has 0 radical (unpaired) electrons. The number of nitrogens with one attached hydrogen (secondary N) is 1. The molecule has 0 aromatic carbocycles. The van der Waals surface area contributed by atoms with Crippen molar-refractivity contribution < 1.29 is 34.4 Å². The number of carbonyl (C=O) groups is 1. The maximum atomic E-state index is 11.3. The van der Waals surface area contributed by atoms with E-state index in [2.05, 4.69) is 19.2 Å². The monoisotopic (exact) mass is 263 g/mol. The van der Waals surface area contributed by atoms with Gasteiger partial charge < -0.3 is 12.2 Å². The van der Waals surface area contributed by atoms with Gasteiger partial charge in [-0.3, -0.25) is 4.79 Å². The van der Waals surface area contributed by atoms with E-state index >= 15 is 0 Å². The van der Waals surface area contributed by atoms with E-state index in [1.807, 2.05) is 0 Å². The van der Waals surface area contributed by atoms with E-state index in [9.17, 15) is 4.79 Å². The van der Waals surface area contributed by atoms with Crippen LogP contribution in [0.25, 0.3) is 0 Å². The minimum Gasteiger partial charge on any atom is -0.359 e. The molecule has 0 aliphatic carbocycles. The Balaban J connectivity index is 0. The summed E-state index contributed by atoms with van der Waals surface area (Å²) in [6, 6.07) is 0. The number of unbranched alkanes of at least 4 members (excludes halogenated alkanes) is 8. The van der Waals surface area contributed by atoms with Crippen LogP contribution in [-0.4, -0.2) is 12.5 Å². The molecule has 0 unspecified atom stereocenters. The van der Waals surface area contributed by atoms with Crippen molar-refractivity contribution in [2.45, 2.75) is 77.6 Å². The van der Waals surface area contributed by atoms with Crippen molar-refractivity contribution >= 4 is 5.91 Å². The molecule has 0 fully saturated rings. The Hall–Kier alpha value is 0.470. The summed E-state index contributed by atoms with van der Waals surface area (Å²) in [6.45, 7) is 6.66. The van der Waals surface area contributed by atoms with Gasteiger partial charge in [0.25, 0.3) is 0 Å². The van der Waals surface area contributed by atoms with Gasteiger partial charge in [-0.05, 0) is 13.0 Å². The van der Waals surface area contributed by atoms with E-state index < -0.39 is 0 Å². The average Bonchev–Trinajstić information content (AvgIpc) is 2.34. The first-order chi connectivity index (χ1) is 8.31. The standard InChI is InChI=1S/C15H30NO.Na/c1-3-5-6-7-8-9-10-11-12-13-15(17)16-14-4-2;/h2-14H2,1H3,(H,16,17);/q-1;+1. The SMILES string of the molecule is [CH2-]CCNC(=O)CCCCCCCCCCC.[Na+]. The van der Waals surface area contributed by atoms with Crippen molar-refractivity contribution in [1.29, 1.82) is 0 Å². The summed E-state index contributed by atoms with van der Waals surface area (Å²) in [4.78, 5) is 11.3. The summed E-state index contributed by atoms with van der Waals surface area (Å²) in [6.07, 6.45) is 13.2. The van der Waals surface area contributed by atoms with Gasteiger partial charge in [0, 0.05) is 6.42 Å². The molecule has 0 spiro atoms. The quantitative estimate of drug-likeness (QED) is 0.320. The van der Waals surface area contributed by atoms with Crippen LogP contribution in [0.15, 0.2) is 0 Å². The Morgan fingerprint density at radius 3 is 1.94 bits per heavy atom. The predicted octanol–water partition coefficient (Wildman–Crippen LogP) is 1.25. The van der Waals surface area contributed by atoms with Gasteiger partial charge in [0.15, 0.2) is 0 Å². The molecule has 0 aromatic heterocycles. The molecule has 0 heterocycles. The van der Waals surface area contributed by atoms with Crippen molar-refractivity contribution in [3.63, 3.8) is 0 Å². The fourth-order valence-electron chi connectivity index (χ4n) is 1.91. The molecule has 2 nitrogen and oxygen atoms in total. The Bertz CT molecular complexity index is 174. The molecule has 0 saturated carbocycles. The van der Waals surface area contributed by atoms with Crippen LogP contribution in [0.2, 0.25) is 0 Å². The van der Waals surface area contributed by atoms with Gasteiger partial charge in [-0.2, -0.15) is 6.42 Å². The van der Waals surface area contributed by atoms with Crippen molar-refractivity contribution in [3.8, 4) is 0 Å². The van der Waals surface area contributed by atoms with Crippen LogP contribution in [0.3, 0.4) is 0 Å². The van der Waals surface area contributed by atoms with Crippen LogP contribution in [0, 0.1) is 6.92 Å². The zero-order valence-electron chi connectivity index (χ0n) is 12.6. The minimum atomic E-state index is 0. The fraction of sp³-hybridized carbons (Fsp3) is 0.867. The van der Waals surface area contributed by atoms with Gasteiger partial charge in [0.2, 0.25) is 5.91 Å². The number of hydrogen-bond donors (Lipinski definition) is 1. The molecule has 102 valence electrons. The maximum Gasteiger partial charge on any atom is 1.00 e. The van der Waals surface area contributed by atoms with Gasteiger partial charge in [0.05, 0.1) is 0 Å². The third kappa shape index (κ3) is 16.5. The number of rotatable bonds is 12. The van der Waals surface area contributed by atoms with Gasteiger partial charge in [-0.1, -0.05) is 58.3 Å². The molecule has 0 aliphatic rings. The summed E-state index contributed by atoms with van der Waals surface area (Å²) in [5.41, 5.74) is 0. The molecule has 0 saturated heterocycles. The van der Waals surface area contributed by atoms with E-state index in [-0.39, 0.29) is 35.5 Å². The molecule has 1 N–H and O–H groups in total. The number of carbonyl (C=O) groups excluding carboxylic acids is 1. The van der Waals surface area contributed by atoms with Crippen LogP contribution >= 0.6 is 0 Å². The Morgan fingerprint density at radius 2 is 1.44 bits per heavy atom. The fourth-order valence-corrected chi connectivity index (χ4v) is 1.91. The third-order valence-electron chi connectivity index (χ3n) is 3.01. The van der Waals surface area contributed by atoms with Crippen LogP contribution in [0.1, 0.15) is 77.6 Å². The first kappa shape index (κ1) is 20.8. The maximum absolute atomic E-state index is 11.3. The van der Waals surface area contributed by atoms with Crippen LogP contribution in [-0.2, 0) is 4.79 Å². The van der Waals surface area contributed by atoms with E-state index in [1.165, 1.54) is 51.4 Å². The molecule has 0 aliphatic heterocycles. The average molecular weight is 263 g/mol. The van der Waals surface area contributed by atoms with Crippen LogP contribution < -0.4 is 34.9 Å². The van der Waals surface area contributed by atoms with E-state index in [0.717, 1.165) is 19.4 Å². The smallest absolute Gasteiger partial charge is 0.359 e. The molecule has 18 heavy (non-hydrogen) atoms. The molecule has 0 rings (SSSR count). The van der Waals surface area contributed by atoms with Gasteiger partial charge in [-0.15, -0.1) is 0 Å². The van der Waals surface area contributed by atoms with Crippen molar-refractivity contribution in [1.82, 2.24) is 5.32 Å². The predicted molar refractivity (Wildman–Crippen MR) is 74.8 cm³/mol. The molecule has 1 amide bonds. The molecule has 3 heteroatoms. The summed E-state index contributed by atoms with van der Waals surface area (Å²) in [7, 11) is 0. The van der Waals surface area contributed by atoms with E-state index in [4.69, 9.17) is 0 Å². The van der Waals surface area contributed by atoms with Crippen molar-refractivity contribution in [2.75, 3.05) is 6.54 Å². The molecular weight excluding hydrogens is 233 g/mol. The summed E-state index contributed by atoms with van der Waals surface area (Å²) in [5.74, 6) is 0.191. The largest absolute Gasteiger partial charge is 1.00 e. The van der Waals surface area contributed by atoms with Gasteiger partial charge >= 0.3 is 29.6 Å². The molecular formula is C15H30NNaO. The van der Waals surface area contributed by atoms with Gasteiger partial charge in [0.1, 0.15) is 0 Å². The zero-order valence-corrected chi connectivity index (χ0v) is 14.6. The molecule has 0 bridgehead atoms. The minimum absolute atomic E-state index is 0. The third-order valence-corrected chi connectivity index (χ3v) is 3.01.